The Labute approximate surface area is 107 Å². The van der Waals surface area contributed by atoms with Crippen LogP contribution in [-0.4, -0.2) is 9.59 Å². The van der Waals surface area contributed by atoms with Gasteiger partial charge in [0.15, 0.2) is 0 Å². The number of nitrogens with zero attached hydrogens (tertiary/aromatic N) is 2. The lowest BCUT2D eigenvalue weighted by molar-refractivity contribution is 0.536. The number of hydrazine groups is 1. The molecule has 2 aromatic rings. The van der Waals surface area contributed by atoms with Crippen LogP contribution in [0, 0.1) is 5.82 Å². The smallest absolute Gasteiger partial charge is 0.124 e. The molecule has 1 unspecified atom stereocenters. The van der Waals surface area contributed by atoms with Gasteiger partial charge in [-0.2, -0.15) is 0 Å². The molecule has 4 nitrogen and oxygen atoms in total. The van der Waals surface area contributed by atoms with E-state index >= 15 is 0 Å². The van der Waals surface area contributed by atoms with Crippen molar-refractivity contribution in [2.24, 2.45) is 5.84 Å². The molecule has 0 aliphatic rings. The van der Waals surface area contributed by atoms with Crippen molar-refractivity contribution in [2.75, 3.05) is 0 Å². The predicted molar refractivity (Wildman–Crippen MR) is 65.1 cm³/mol. The van der Waals surface area contributed by atoms with Crippen molar-refractivity contribution in [3.05, 3.63) is 45.7 Å². The third kappa shape index (κ3) is 2.98. The zero-order chi connectivity index (χ0) is 12.3. The van der Waals surface area contributed by atoms with Gasteiger partial charge in [0.05, 0.1) is 11.7 Å². The highest BCUT2D eigenvalue weighted by molar-refractivity contribution is 7.03. The van der Waals surface area contributed by atoms with Crippen molar-refractivity contribution in [3.63, 3.8) is 0 Å². The Kier molecular flexibility index (Phi) is 4.01. The average Bonchev–Trinajstić information content (AvgIpc) is 2.81. The molecule has 0 spiro atoms. The van der Waals surface area contributed by atoms with Gasteiger partial charge in [-0.15, -0.1) is 5.10 Å². The molecule has 90 valence electrons. The van der Waals surface area contributed by atoms with E-state index in [1.807, 2.05) is 5.38 Å². The van der Waals surface area contributed by atoms with E-state index in [0.29, 0.717) is 11.4 Å². The largest absolute Gasteiger partial charge is 0.271 e. The van der Waals surface area contributed by atoms with Crippen molar-refractivity contribution < 1.29 is 4.39 Å². The third-order valence-electron chi connectivity index (χ3n) is 2.37. The van der Waals surface area contributed by atoms with E-state index in [1.165, 1.54) is 23.7 Å². The van der Waals surface area contributed by atoms with Gasteiger partial charge in [-0.05, 0) is 35.6 Å². The van der Waals surface area contributed by atoms with Gasteiger partial charge in [0.2, 0.25) is 0 Å². The van der Waals surface area contributed by atoms with Crippen LogP contribution in [0.3, 0.4) is 0 Å². The van der Waals surface area contributed by atoms with E-state index in [2.05, 4.69) is 15.0 Å². The minimum atomic E-state index is -0.355. The van der Waals surface area contributed by atoms with Gasteiger partial charge in [-0.25, -0.2) is 4.39 Å². The summed E-state index contributed by atoms with van der Waals surface area (Å²) < 4.78 is 16.7. The normalized spacial score (nSPS) is 12.6. The third-order valence-corrected chi connectivity index (χ3v) is 3.25. The first-order chi connectivity index (χ1) is 8.20. The highest BCUT2D eigenvalue weighted by Gasteiger charge is 2.15. The van der Waals surface area contributed by atoms with Crippen LogP contribution in [0.4, 0.5) is 4.39 Å². The number of aromatic nitrogens is 2. The van der Waals surface area contributed by atoms with Gasteiger partial charge in [0.25, 0.3) is 0 Å². The van der Waals surface area contributed by atoms with E-state index in [0.717, 1.165) is 11.3 Å². The van der Waals surface area contributed by atoms with Gasteiger partial charge < -0.3 is 0 Å². The molecule has 0 radical (unpaired) electrons. The highest BCUT2D eigenvalue weighted by Crippen LogP contribution is 2.23. The summed E-state index contributed by atoms with van der Waals surface area (Å²) in [4.78, 5) is 0. The Morgan fingerprint density at radius 2 is 2.35 bits per heavy atom. The van der Waals surface area contributed by atoms with Crippen molar-refractivity contribution in [2.45, 2.75) is 12.5 Å². The van der Waals surface area contributed by atoms with Crippen LogP contribution in [-0.2, 0) is 6.42 Å². The maximum Gasteiger partial charge on any atom is 0.124 e. The molecule has 3 N–H and O–H groups in total. The maximum absolute atomic E-state index is 12.9. The Hall–Kier alpha value is -1.08. The Balaban J connectivity index is 2.19. The molecule has 1 heterocycles. The molecular weight excluding hydrogens is 263 g/mol. The fourth-order valence-electron chi connectivity index (χ4n) is 1.48. The number of hydrogen-bond donors (Lipinski definition) is 2. The average molecular weight is 273 g/mol. The van der Waals surface area contributed by atoms with Crippen LogP contribution in [0.1, 0.15) is 17.3 Å². The van der Waals surface area contributed by atoms with Gasteiger partial charge in [-0.3, -0.25) is 11.3 Å². The second-order valence-electron chi connectivity index (χ2n) is 3.49. The fourth-order valence-corrected chi connectivity index (χ4v) is 2.23. The minimum Gasteiger partial charge on any atom is -0.271 e. The van der Waals surface area contributed by atoms with Gasteiger partial charge in [0, 0.05) is 10.4 Å². The van der Waals surface area contributed by atoms with E-state index in [9.17, 15) is 4.39 Å². The van der Waals surface area contributed by atoms with Crippen LogP contribution in [0.5, 0.6) is 0 Å². The molecule has 2 rings (SSSR count). The van der Waals surface area contributed by atoms with Gasteiger partial charge >= 0.3 is 0 Å². The molecule has 1 aromatic carbocycles. The van der Waals surface area contributed by atoms with E-state index in [4.69, 9.17) is 17.4 Å². The summed E-state index contributed by atoms with van der Waals surface area (Å²) in [7, 11) is 0. The molecular formula is C10H10ClFN4S. The molecule has 1 aromatic heterocycles. The van der Waals surface area contributed by atoms with Crippen molar-refractivity contribution in [3.8, 4) is 0 Å². The quantitative estimate of drug-likeness (QED) is 0.661. The molecule has 0 amide bonds. The first kappa shape index (κ1) is 12.4. The van der Waals surface area contributed by atoms with Crippen molar-refractivity contribution in [1.82, 2.24) is 15.0 Å². The Bertz CT molecular complexity index is 491. The second kappa shape index (κ2) is 5.50. The molecule has 0 aliphatic carbocycles. The molecule has 0 aliphatic heterocycles. The Morgan fingerprint density at radius 3 is 2.94 bits per heavy atom. The van der Waals surface area contributed by atoms with Crippen LogP contribution >= 0.6 is 23.1 Å². The number of nitrogens with one attached hydrogen (secondary N) is 1. The zero-order valence-electron chi connectivity index (χ0n) is 8.73. The molecule has 1 atom stereocenters. The summed E-state index contributed by atoms with van der Waals surface area (Å²) >= 11 is 7.20. The predicted octanol–water partition coefficient (Wildman–Crippen LogP) is 2.08. The maximum atomic E-state index is 12.9. The summed E-state index contributed by atoms with van der Waals surface area (Å²) in [5.74, 6) is 5.11. The van der Waals surface area contributed by atoms with Gasteiger partial charge in [-0.1, -0.05) is 22.2 Å². The summed E-state index contributed by atoms with van der Waals surface area (Å²) in [6.07, 6.45) is 0.529. The first-order valence-electron chi connectivity index (χ1n) is 4.87. The SMILES string of the molecule is NNC(Cc1ccc(F)cc1Cl)c1csnn1. The lowest BCUT2D eigenvalue weighted by Crippen LogP contribution is -2.30. The van der Waals surface area contributed by atoms with Crippen LogP contribution in [0.2, 0.25) is 5.02 Å². The zero-order valence-corrected chi connectivity index (χ0v) is 10.3. The van der Waals surface area contributed by atoms with E-state index in [1.54, 1.807) is 6.07 Å². The molecule has 17 heavy (non-hydrogen) atoms. The van der Waals surface area contributed by atoms with E-state index in [-0.39, 0.29) is 11.9 Å². The first-order valence-corrected chi connectivity index (χ1v) is 6.09. The number of halogens is 2. The van der Waals surface area contributed by atoms with Crippen LogP contribution < -0.4 is 11.3 Å². The summed E-state index contributed by atoms with van der Waals surface area (Å²) in [5.41, 5.74) is 4.20. The summed E-state index contributed by atoms with van der Waals surface area (Å²) in [6.45, 7) is 0. The molecule has 7 heteroatoms. The summed E-state index contributed by atoms with van der Waals surface area (Å²) in [5, 5.41) is 6.13. The van der Waals surface area contributed by atoms with E-state index < -0.39 is 0 Å². The van der Waals surface area contributed by atoms with Gasteiger partial charge in [0.1, 0.15) is 5.82 Å². The number of benzene rings is 1. The van der Waals surface area contributed by atoms with Crippen molar-refractivity contribution in [1.29, 1.82) is 0 Å². The standard InChI is InChI=1S/C10H10ClFN4S/c11-8-4-7(12)2-1-6(8)3-9(14-13)10-5-17-16-15-10/h1-2,4-5,9,14H,3,13H2. The number of hydrogen-bond acceptors (Lipinski definition) is 5. The number of nitrogens with two attached hydrogens (primary N) is 1. The lowest BCUT2D eigenvalue weighted by atomic mass is 10.0. The fraction of sp³-hybridized carbons (Fsp3) is 0.200. The monoisotopic (exact) mass is 272 g/mol. The molecule has 0 saturated carbocycles. The molecule has 0 saturated heterocycles. The molecule has 0 bridgehead atoms. The summed E-state index contributed by atoms with van der Waals surface area (Å²) in [6, 6.07) is 4.11. The lowest BCUT2D eigenvalue weighted by Gasteiger charge is -2.13. The van der Waals surface area contributed by atoms with Crippen LogP contribution in [0.15, 0.2) is 23.6 Å². The minimum absolute atomic E-state index is 0.184. The topological polar surface area (TPSA) is 63.8 Å². The van der Waals surface area contributed by atoms with Crippen LogP contribution in [0.25, 0.3) is 0 Å². The number of rotatable bonds is 4. The second-order valence-corrected chi connectivity index (χ2v) is 4.51. The molecule has 0 fully saturated rings. The van der Waals surface area contributed by atoms with Crippen molar-refractivity contribution >= 4 is 23.1 Å². The Morgan fingerprint density at radius 1 is 1.53 bits per heavy atom. The highest BCUT2D eigenvalue weighted by atomic mass is 35.5.